The van der Waals surface area contributed by atoms with Crippen LogP contribution in [0.1, 0.15) is 5.69 Å². The van der Waals surface area contributed by atoms with Gasteiger partial charge in [-0.3, -0.25) is 9.67 Å². The molecule has 0 radical (unpaired) electrons. The molecule has 84 valence electrons. The van der Waals surface area contributed by atoms with Crippen LogP contribution >= 0.6 is 34.2 Å². The Labute approximate surface area is 113 Å². The Morgan fingerprint density at radius 2 is 2.06 bits per heavy atom. The first kappa shape index (κ1) is 11.9. The maximum Gasteiger partial charge on any atom is 0.106 e. The molecule has 0 saturated heterocycles. The van der Waals surface area contributed by atoms with Gasteiger partial charge in [-0.1, -0.05) is 0 Å². The second kappa shape index (κ2) is 5.14. The van der Waals surface area contributed by atoms with Gasteiger partial charge in [0.1, 0.15) is 5.69 Å². The molecule has 0 unspecified atom stereocenters. The van der Waals surface area contributed by atoms with Crippen LogP contribution in [-0.4, -0.2) is 20.6 Å². The molecule has 5 heteroatoms. The molecule has 0 saturated carbocycles. The van der Waals surface area contributed by atoms with Crippen molar-refractivity contribution in [1.82, 2.24) is 14.8 Å². The molecule has 0 aromatic carbocycles. The second-order valence-corrected chi connectivity index (χ2v) is 4.85. The minimum atomic E-state index is 0.578. The van der Waals surface area contributed by atoms with Crippen LogP contribution in [0.4, 0.5) is 0 Å². The van der Waals surface area contributed by atoms with E-state index < -0.39 is 0 Å². The molecule has 0 aliphatic heterocycles. The lowest BCUT2D eigenvalue weighted by atomic mass is 10.2. The monoisotopic (exact) mass is 347 g/mol. The van der Waals surface area contributed by atoms with E-state index in [2.05, 4.69) is 39.6 Å². The second-order valence-electron chi connectivity index (χ2n) is 3.40. The molecule has 0 N–H and O–H groups in total. The van der Waals surface area contributed by atoms with Crippen molar-refractivity contribution in [3.05, 3.63) is 33.8 Å². The molecule has 0 spiro atoms. The van der Waals surface area contributed by atoms with Crippen molar-refractivity contribution in [1.29, 1.82) is 0 Å². The Balaban J connectivity index is 2.46. The lowest BCUT2D eigenvalue weighted by molar-refractivity contribution is 0.645. The van der Waals surface area contributed by atoms with Crippen molar-refractivity contribution in [3.8, 4) is 11.3 Å². The Morgan fingerprint density at radius 3 is 2.69 bits per heavy atom. The Bertz CT molecular complexity index is 481. The zero-order chi connectivity index (χ0) is 11.5. The van der Waals surface area contributed by atoms with E-state index in [9.17, 15) is 0 Å². The highest BCUT2D eigenvalue weighted by Crippen LogP contribution is 2.25. The SMILES string of the molecule is Cc1c(I)c(-c2ccncc2)nn1CCCl. The van der Waals surface area contributed by atoms with Crippen LogP contribution in [0.3, 0.4) is 0 Å². The zero-order valence-corrected chi connectivity index (χ0v) is 11.7. The highest BCUT2D eigenvalue weighted by molar-refractivity contribution is 14.1. The van der Waals surface area contributed by atoms with Gasteiger partial charge in [-0.15, -0.1) is 11.6 Å². The van der Waals surface area contributed by atoms with Gasteiger partial charge in [0.25, 0.3) is 0 Å². The topological polar surface area (TPSA) is 30.7 Å². The summed E-state index contributed by atoms with van der Waals surface area (Å²) >= 11 is 8.06. The number of aromatic nitrogens is 3. The zero-order valence-electron chi connectivity index (χ0n) is 8.82. The average molecular weight is 348 g/mol. The summed E-state index contributed by atoms with van der Waals surface area (Å²) in [5.41, 5.74) is 3.26. The Kier molecular flexibility index (Phi) is 3.81. The average Bonchev–Trinajstić information content (AvgIpc) is 2.59. The van der Waals surface area contributed by atoms with Crippen LogP contribution in [0.15, 0.2) is 24.5 Å². The van der Waals surface area contributed by atoms with Crippen molar-refractivity contribution < 1.29 is 0 Å². The summed E-state index contributed by atoms with van der Waals surface area (Å²) in [6.45, 7) is 2.81. The number of alkyl halides is 1. The smallest absolute Gasteiger partial charge is 0.106 e. The molecule has 0 bridgehead atoms. The van der Waals surface area contributed by atoms with Crippen LogP contribution in [-0.2, 0) is 6.54 Å². The molecule has 0 aliphatic carbocycles. The molecule has 0 fully saturated rings. The van der Waals surface area contributed by atoms with Gasteiger partial charge in [-0.2, -0.15) is 5.10 Å². The van der Waals surface area contributed by atoms with E-state index in [1.165, 1.54) is 3.57 Å². The third-order valence-electron chi connectivity index (χ3n) is 2.38. The third-order valence-corrected chi connectivity index (χ3v) is 3.84. The predicted molar refractivity (Wildman–Crippen MR) is 73.6 cm³/mol. The summed E-state index contributed by atoms with van der Waals surface area (Å²) in [5.74, 6) is 0.578. The molecule has 2 rings (SSSR count). The van der Waals surface area contributed by atoms with E-state index in [-0.39, 0.29) is 0 Å². The van der Waals surface area contributed by atoms with E-state index in [1.54, 1.807) is 12.4 Å². The minimum Gasteiger partial charge on any atom is -0.267 e. The first-order chi connectivity index (χ1) is 7.74. The minimum absolute atomic E-state index is 0.578. The number of halogens is 2. The van der Waals surface area contributed by atoms with E-state index >= 15 is 0 Å². The first-order valence-corrected chi connectivity index (χ1v) is 6.54. The van der Waals surface area contributed by atoms with Crippen molar-refractivity contribution in [3.63, 3.8) is 0 Å². The molecule has 16 heavy (non-hydrogen) atoms. The molecule has 2 heterocycles. The van der Waals surface area contributed by atoms with E-state index in [1.807, 2.05) is 16.8 Å². The van der Waals surface area contributed by atoms with E-state index in [0.717, 1.165) is 23.5 Å². The van der Waals surface area contributed by atoms with Crippen molar-refractivity contribution in [2.24, 2.45) is 0 Å². The van der Waals surface area contributed by atoms with Crippen molar-refractivity contribution >= 4 is 34.2 Å². The number of hydrogen-bond donors (Lipinski definition) is 0. The summed E-state index contributed by atoms with van der Waals surface area (Å²) in [7, 11) is 0. The highest BCUT2D eigenvalue weighted by Gasteiger charge is 2.13. The lowest BCUT2D eigenvalue weighted by Crippen LogP contribution is -2.03. The van der Waals surface area contributed by atoms with Gasteiger partial charge in [0.05, 0.1) is 10.1 Å². The summed E-state index contributed by atoms with van der Waals surface area (Å²) in [6, 6.07) is 3.93. The van der Waals surface area contributed by atoms with E-state index in [0.29, 0.717) is 5.88 Å². The molecule has 3 nitrogen and oxygen atoms in total. The number of rotatable bonds is 3. The summed E-state index contributed by atoms with van der Waals surface area (Å²) < 4.78 is 3.12. The van der Waals surface area contributed by atoms with Crippen LogP contribution in [0.2, 0.25) is 0 Å². The lowest BCUT2D eigenvalue weighted by Gasteiger charge is -1.98. The van der Waals surface area contributed by atoms with Crippen LogP contribution in [0.25, 0.3) is 11.3 Å². The normalized spacial score (nSPS) is 10.7. The largest absolute Gasteiger partial charge is 0.267 e. The third kappa shape index (κ3) is 2.22. The number of aryl methyl sites for hydroxylation is 1. The molecular weight excluding hydrogens is 336 g/mol. The van der Waals surface area contributed by atoms with Gasteiger partial charge >= 0.3 is 0 Å². The van der Waals surface area contributed by atoms with Crippen molar-refractivity contribution in [2.45, 2.75) is 13.5 Å². The molecule has 0 atom stereocenters. The molecule has 0 amide bonds. The highest BCUT2D eigenvalue weighted by atomic mass is 127. The standard InChI is InChI=1S/C11H11ClIN3/c1-8-10(13)11(15-16(8)7-4-12)9-2-5-14-6-3-9/h2-3,5-6H,4,7H2,1H3. The van der Waals surface area contributed by atoms with Crippen LogP contribution in [0, 0.1) is 10.5 Å². The first-order valence-electron chi connectivity index (χ1n) is 4.93. The molecule has 2 aromatic rings. The molecular formula is C11H11ClIN3. The summed E-state index contributed by atoms with van der Waals surface area (Å²) in [6.07, 6.45) is 3.56. The van der Waals surface area contributed by atoms with Crippen LogP contribution in [0.5, 0.6) is 0 Å². The molecule has 0 aliphatic rings. The maximum atomic E-state index is 5.74. The van der Waals surface area contributed by atoms with Crippen LogP contribution < -0.4 is 0 Å². The van der Waals surface area contributed by atoms with Gasteiger partial charge in [0.15, 0.2) is 0 Å². The number of hydrogen-bond acceptors (Lipinski definition) is 2. The fraction of sp³-hybridized carbons (Fsp3) is 0.273. The maximum absolute atomic E-state index is 5.74. The van der Waals surface area contributed by atoms with Gasteiger partial charge in [-0.25, -0.2) is 0 Å². The van der Waals surface area contributed by atoms with Crippen molar-refractivity contribution in [2.75, 3.05) is 5.88 Å². The Morgan fingerprint density at radius 1 is 1.38 bits per heavy atom. The van der Waals surface area contributed by atoms with Gasteiger partial charge in [-0.05, 0) is 41.6 Å². The van der Waals surface area contributed by atoms with Gasteiger partial charge in [0.2, 0.25) is 0 Å². The van der Waals surface area contributed by atoms with Gasteiger partial charge in [0, 0.05) is 29.5 Å². The summed E-state index contributed by atoms with van der Waals surface area (Å²) in [5, 5.41) is 4.57. The van der Waals surface area contributed by atoms with Gasteiger partial charge < -0.3 is 0 Å². The molecule has 2 aromatic heterocycles. The fourth-order valence-corrected chi connectivity index (χ4v) is 2.37. The number of nitrogens with zero attached hydrogens (tertiary/aromatic N) is 3. The fourth-order valence-electron chi connectivity index (χ4n) is 1.52. The number of pyridine rings is 1. The summed E-state index contributed by atoms with van der Waals surface area (Å²) in [4.78, 5) is 4.01. The Hall–Kier alpha value is -0.620. The predicted octanol–water partition coefficient (Wildman–Crippen LogP) is 3.10. The quantitative estimate of drug-likeness (QED) is 0.631. The van der Waals surface area contributed by atoms with E-state index in [4.69, 9.17) is 11.6 Å².